The van der Waals surface area contributed by atoms with E-state index >= 15 is 0 Å². The van der Waals surface area contributed by atoms with Gasteiger partial charge in [0.1, 0.15) is 5.69 Å². The second-order valence-electron chi connectivity index (χ2n) is 5.55. The second-order valence-corrected chi connectivity index (χ2v) is 5.96. The SMILES string of the molecule is CCOC(=O)c1cc(Cc2ccccc2Cl)c(=O)n2c1C(=O)CC2. The minimum absolute atomic E-state index is 0.154. The summed E-state index contributed by atoms with van der Waals surface area (Å²) < 4.78 is 6.41. The van der Waals surface area contributed by atoms with Crippen molar-refractivity contribution >= 4 is 23.4 Å². The second kappa shape index (κ2) is 6.61. The lowest BCUT2D eigenvalue weighted by Crippen LogP contribution is -2.27. The van der Waals surface area contributed by atoms with Crippen LogP contribution in [0, 0.1) is 0 Å². The van der Waals surface area contributed by atoms with Gasteiger partial charge in [-0.05, 0) is 24.6 Å². The van der Waals surface area contributed by atoms with E-state index in [1.54, 1.807) is 13.0 Å². The highest BCUT2D eigenvalue weighted by molar-refractivity contribution is 6.31. The van der Waals surface area contributed by atoms with Gasteiger partial charge in [-0.2, -0.15) is 0 Å². The monoisotopic (exact) mass is 345 g/mol. The third-order valence-electron chi connectivity index (χ3n) is 4.02. The van der Waals surface area contributed by atoms with Gasteiger partial charge < -0.3 is 9.30 Å². The fraction of sp³-hybridized carbons (Fsp3) is 0.278. The molecule has 0 spiro atoms. The maximum absolute atomic E-state index is 12.7. The molecular formula is C18H16ClNO4. The van der Waals surface area contributed by atoms with Crippen LogP contribution in [-0.2, 0) is 17.7 Å². The molecule has 1 aromatic heterocycles. The Bertz CT molecular complexity index is 885. The van der Waals surface area contributed by atoms with Gasteiger partial charge in [0.15, 0.2) is 5.78 Å². The number of carbonyl (C=O) groups excluding carboxylic acids is 2. The van der Waals surface area contributed by atoms with Crippen LogP contribution in [0.2, 0.25) is 5.02 Å². The third kappa shape index (κ3) is 2.87. The molecule has 0 N–H and O–H groups in total. The van der Waals surface area contributed by atoms with Gasteiger partial charge in [0, 0.05) is 30.0 Å². The van der Waals surface area contributed by atoms with Crippen molar-refractivity contribution < 1.29 is 14.3 Å². The lowest BCUT2D eigenvalue weighted by molar-refractivity contribution is 0.0522. The zero-order chi connectivity index (χ0) is 17.3. The molecule has 1 aromatic carbocycles. The van der Waals surface area contributed by atoms with E-state index in [1.165, 1.54) is 10.6 Å². The highest BCUT2D eigenvalue weighted by Crippen LogP contribution is 2.22. The van der Waals surface area contributed by atoms with Crippen LogP contribution in [0.25, 0.3) is 0 Å². The van der Waals surface area contributed by atoms with Gasteiger partial charge in [0.05, 0.1) is 12.2 Å². The normalized spacial score (nSPS) is 13.0. The summed E-state index contributed by atoms with van der Waals surface area (Å²) in [5, 5.41) is 0.552. The van der Waals surface area contributed by atoms with Gasteiger partial charge in [0.25, 0.3) is 5.56 Å². The predicted molar refractivity (Wildman–Crippen MR) is 89.9 cm³/mol. The van der Waals surface area contributed by atoms with E-state index < -0.39 is 5.97 Å². The molecule has 124 valence electrons. The maximum Gasteiger partial charge on any atom is 0.340 e. The zero-order valence-electron chi connectivity index (χ0n) is 13.2. The maximum atomic E-state index is 12.7. The standard InChI is InChI=1S/C18H16ClNO4/c1-2-24-18(23)13-10-12(9-11-5-3-4-6-14(11)19)17(22)20-8-7-15(21)16(13)20/h3-6,10H,2,7-9H2,1H3. The van der Waals surface area contributed by atoms with Gasteiger partial charge in [-0.25, -0.2) is 4.79 Å². The Morgan fingerprint density at radius 2 is 2.00 bits per heavy atom. The molecule has 0 unspecified atom stereocenters. The van der Waals surface area contributed by atoms with Crippen molar-refractivity contribution in [2.45, 2.75) is 26.3 Å². The van der Waals surface area contributed by atoms with Crippen molar-refractivity contribution in [1.29, 1.82) is 0 Å². The van der Waals surface area contributed by atoms with Crippen LogP contribution in [0.3, 0.4) is 0 Å². The first kappa shape index (κ1) is 16.5. The molecule has 3 rings (SSSR count). The van der Waals surface area contributed by atoms with Gasteiger partial charge in [-0.15, -0.1) is 0 Å². The number of rotatable bonds is 4. The number of esters is 1. The number of Topliss-reactive ketones (excluding diaryl/α,β-unsaturated/α-hetero) is 1. The molecule has 5 nitrogen and oxygen atoms in total. The number of nitrogens with zero attached hydrogens (tertiary/aromatic N) is 1. The predicted octanol–water partition coefficient (Wildman–Crippen LogP) is 2.86. The quantitative estimate of drug-likeness (QED) is 0.799. The molecule has 6 heteroatoms. The summed E-state index contributed by atoms with van der Waals surface area (Å²) in [5.74, 6) is -0.795. The largest absolute Gasteiger partial charge is 0.462 e. The van der Waals surface area contributed by atoms with Crippen molar-refractivity contribution in [3.8, 4) is 0 Å². The van der Waals surface area contributed by atoms with E-state index in [0.717, 1.165) is 5.56 Å². The molecule has 0 amide bonds. The van der Waals surface area contributed by atoms with Gasteiger partial charge >= 0.3 is 5.97 Å². The first-order valence-electron chi connectivity index (χ1n) is 7.73. The van der Waals surface area contributed by atoms with Gasteiger partial charge in [-0.1, -0.05) is 29.8 Å². The molecule has 0 fully saturated rings. The number of hydrogen-bond donors (Lipinski definition) is 0. The summed E-state index contributed by atoms with van der Waals surface area (Å²) in [4.78, 5) is 37.0. The Morgan fingerprint density at radius 3 is 2.71 bits per heavy atom. The van der Waals surface area contributed by atoms with Crippen LogP contribution in [-0.4, -0.2) is 22.9 Å². The number of fused-ring (bicyclic) bond motifs is 1. The van der Waals surface area contributed by atoms with Crippen LogP contribution in [0.4, 0.5) is 0 Å². The summed E-state index contributed by atoms with van der Waals surface area (Å²) in [7, 11) is 0. The smallest absolute Gasteiger partial charge is 0.340 e. The first-order chi connectivity index (χ1) is 11.5. The van der Waals surface area contributed by atoms with E-state index in [9.17, 15) is 14.4 Å². The summed E-state index contributed by atoms with van der Waals surface area (Å²) in [6.07, 6.45) is 0.510. The number of ether oxygens (including phenoxy) is 1. The molecular weight excluding hydrogens is 330 g/mol. The third-order valence-corrected chi connectivity index (χ3v) is 4.39. The van der Waals surface area contributed by atoms with Crippen molar-refractivity contribution in [3.05, 3.63) is 68.1 Å². The number of carbonyl (C=O) groups is 2. The average Bonchev–Trinajstić information content (AvgIpc) is 2.94. The fourth-order valence-corrected chi connectivity index (χ4v) is 3.11. The molecule has 2 aromatic rings. The van der Waals surface area contributed by atoms with Crippen molar-refractivity contribution in [3.63, 3.8) is 0 Å². The minimum Gasteiger partial charge on any atom is -0.462 e. The summed E-state index contributed by atoms with van der Waals surface area (Å²) in [5.41, 5.74) is 1.26. The Balaban J connectivity index is 2.13. The number of hydrogen-bond acceptors (Lipinski definition) is 4. The summed E-state index contributed by atoms with van der Waals surface area (Å²) in [6.45, 7) is 2.18. The van der Waals surface area contributed by atoms with E-state index in [-0.39, 0.29) is 42.2 Å². The molecule has 1 aliphatic rings. The van der Waals surface area contributed by atoms with Gasteiger partial charge in [-0.3, -0.25) is 9.59 Å². The number of halogens is 1. The molecule has 0 saturated heterocycles. The fourth-order valence-electron chi connectivity index (χ4n) is 2.91. The van der Waals surface area contributed by atoms with Crippen molar-refractivity contribution in [1.82, 2.24) is 4.57 Å². The number of ketones is 1. The molecule has 0 saturated carbocycles. The van der Waals surface area contributed by atoms with Crippen LogP contribution in [0.15, 0.2) is 35.1 Å². The van der Waals surface area contributed by atoms with Gasteiger partial charge in [0.2, 0.25) is 0 Å². The lowest BCUT2D eigenvalue weighted by Gasteiger charge is -2.12. The molecule has 24 heavy (non-hydrogen) atoms. The van der Waals surface area contributed by atoms with Crippen LogP contribution in [0.1, 0.15) is 45.3 Å². The van der Waals surface area contributed by atoms with E-state index in [0.29, 0.717) is 17.0 Å². The van der Waals surface area contributed by atoms with Crippen molar-refractivity contribution in [2.75, 3.05) is 6.61 Å². The van der Waals surface area contributed by atoms with E-state index in [4.69, 9.17) is 16.3 Å². The zero-order valence-corrected chi connectivity index (χ0v) is 13.9. The Morgan fingerprint density at radius 1 is 1.25 bits per heavy atom. The summed E-state index contributed by atoms with van der Waals surface area (Å²) >= 11 is 6.16. The number of benzene rings is 1. The Hall–Kier alpha value is -2.40. The van der Waals surface area contributed by atoms with Crippen LogP contribution >= 0.6 is 11.6 Å². The van der Waals surface area contributed by atoms with Crippen LogP contribution in [0.5, 0.6) is 0 Å². The van der Waals surface area contributed by atoms with E-state index in [2.05, 4.69) is 0 Å². The number of aromatic nitrogens is 1. The molecule has 0 aliphatic carbocycles. The molecule has 0 radical (unpaired) electrons. The molecule has 0 atom stereocenters. The molecule has 0 bridgehead atoms. The van der Waals surface area contributed by atoms with Crippen LogP contribution < -0.4 is 5.56 Å². The highest BCUT2D eigenvalue weighted by atomic mass is 35.5. The van der Waals surface area contributed by atoms with E-state index in [1.807, 2.05) is 18.2 Å². The highest BCUT2D eigenvalue weighted by Gasteiger charge is 2.29. The lowest BCUT2D eigenvalue weighted by atomic mass is 10.0. The van der Waals surface area contributed by atoms with Crippen molar-refractivity contribution in [2.24, 2.45) is 0 Å². The summed E-state index contributed by atoms with van der Waals surface area (Å²) in [6, 6.07) is 8.69. The minimum atomic E-state index is -0.586. The Labute approximate surface area is 143 Å². The Kier molecular flexibility index (Phi) is 4.53. The molecule has 2 heterocycles. The molecule has 1 aliphatic heterocycles. The first-order valence-corrected chi connectivity index (χ1v) is 8.11. The topological polar surface area (TPSA) is 65.4 Å². The average molecular weight is 346 g/mol. The number of pyridine rings is 1.